The van der Waals surface area contributed by atoms with Crippen molar-refractivity contribution >= 4 is 33.4 Å². The lowest BCUT2D eigenvalue weighted by atomic mass is 10.1. The predicted octanol–water partition coefficient (Wildman–Crippen LogP) is 2.96. The lowest BCUT2D eigenvalue weighted by molar-refractivity contribution is -0.116. The fraction of sp³-hybridized carbons (Fsp3) is 0.125. The summed E-state index contributed by atoms with van der Waals surface area (Å²) >= 11 is 0. The zero-order valence-electron chi connectivity index (χ0n) is 17.7. The maximum atomic E-state index is 12.9. The van der Waals surface area contributed by atoms with Crippen LogP contribution >= 0.6 is 0 Å². The summed E-state index contributed by atoms with van der Waals surface area (Å²) in [5, 5.41) is 5.44. The van der Waals surface area contributed by atoms with Gasteiger partial charge >= 0.3 is 0 Å². The Hall–Kier alpha value is -3.98. The number of hydrogen-bond acceptors (Lipinski definition) is 5. The molecule has 0 bridgehead atoms. The minimum Gasteiger partial charge on any atom is -0.345 e. The van der Waals surface area contributed by atoms with Crippen molar-refractivity contribution in [2.45, 2.75) is 17.9 Å². The van der Waals surface area contributed by atoms with Gasteiger partial charge < -0.3 is 10.6 Å². The second kappa shape index (κ2) is 8.87. The van der Waals surface area contributed by atoms with E-state index in [1.54, 1.807) is 24.3 Å². The number of anilines is 1. The highest BCUT2D eigenvalue weighted by Crippen LogP contribution is 2.29. The summed E-state index contributed by atoms with van der Waals surface area (Å²) in [4.78, 5) is 37.9. The maximum Gasteiger partial charge on any atom is 0.269 e. The topological polar surface area (TPSA) is 113 Å². The Kier molecular flexibility index (Phi) is 5.97. The molecular weight excluding hydrogens is 442 g/mol. The summed E-state index contributed by atoms with van der Waals surface area (Å²) in [5.74, 6) is -1.90. The number of nitrogens with zero attached hydrogens (tertiary/aromatic N) is 1. The molecule has 8 nitrogen and oxygen atoms in total. The van der Waals surface area contributed by atoms with E-state index in [1.165, 1.54) is 24.3 Å². The van der Waals surface area contributed by atoms with E-state index in [4.69, 9.17) is 0 Å². The van der Waals surface area contributed by atoms with E-state index in [9.17, 15) is 22.8 Å². The quantitative estimate of drug-likeness (QED) is 0.584. The standard InChI is InChI=1S/C24H21N3O5S/c1-16(17-9-3-2-4-10-17)25-23(29)18-11-5-7-13-20(18)26-22(28)15-27-24(30)19-12-6-8-14-21(19)33(27,31)32/h2-14,16H,15H2,1H3,(H,25,29)(H,26,28)/t16-/m0/s1. The van der Waals surface area contributed by atoms with Gasteiger partial charge in [-0.25, -0.2) is 12.7 Å². The van der Waals surface area contributed by atoms with Crippen LogP contribution in [0.15, 0.2) is 83.8 Å². The van der Waals surface area contributed by atoms with Gasteiger partial charge in [-0.15, -0.1) is 0 Å². The molecule has 1 aliphatic heterocycles. The summed E-state index contributed by atoms with van der Waals surface area (Å²) in [7, 11) is -4.11. The molecule has 3 aromatic rings. The highest BCUT2D eigenvalue weighted by molar-refractivity contribution is 7.90. The van der Waals surface area contributed by atoms with E-state index >= 15 is 0 Å². The molecule has 4 rings (SSSR count). The zero-order chi connectivity index (χ0) is 23.6. The third-order valence-electron chi connectivity index (χ3n) is 5.29. The SMILES string of the molecule is C[C@H](NC(=O)c1ccccc1NC(=O)CN1C(=O)c2ccccc2S1(=O)=O)c1ccccc1. The fourth-order valence-electron chi connectivity index (χ4n) is 3.60. The highest BCUT2D eigenvalue weighted by Gasteiger charge is 2.41. The van der Waals surface area contributed by atoms with Gasteiger partial charge in [0.15, 0.2) is 0 Å². The predicted molar refractivity (Wildman–Crippen MR) is 122 cm³/mol. The van der Waals surface area contributed by atoms with Gasteiger partial charge in [0.1, 0.15) is 11.4 Å². The molecule has 0 spiro atoms. The zero-order valence-corrected chi connectivity index (χ0v) is 18.5. The lowest BCUT2D eigenvalue weighted by Gasteiger charge is -2.18. The van der Waals surface area contributed by atoms with Crippen molar-refractivity contribution in [1.29, 1.82) is 0 Å². The van der Waals surface area contributed by atoms with Crippen molar-refractivity contribution in [1.82, 2.24) is 9.62 Å². The van der Waals surface area contributed by atoms with E-state index in [2.05, 4.69) is 10.6 Å². The molecule has 1 heterocycles. The van der Waals surface area contributed by atoms with Crippen LogP contribution in [-0.2, 0) is 14.8 Å². The number of amides is 3. The van der Waals surface area contributed by atoms with Gasteiger partial charge in [-0.3, -0.25) is 14.4 Å². The Morgan fingerprint density at radius 2 is 1.55 bits per heavy atom. The second-order valence-electron chi connectivity index (χ2n) is 7.51. The van der Waals surface area contributed by atoms with Crippen LogP contribution in [0.4, 0.5) is 5.69 Å². The molecule has 33 heavy (non-hydrogen) atoms. The smallest absolute Gasteiger partial charge is 0.269 e. The molecule has 0 aliphatic carbocycles. The molecule has 2 N–H and O–H groups in total. The monoisotopic (exact) mass is 463 g/mol. The van der Waals surface area contributed by atoms with Gasteiger partial charge in [0, 0.05) is 0 Å². The largest absolute Gasteiger partial charge is 0.345 e. The number of nitrogens with one attached hydrogen (secondary N) is 2. The van der Waals surface area contributed by atoms with Crippen LogP contribution in [0.25, 0.3) is 0 Å². The molecule has 3 aromatic carbocycles. The molecule has 1 aliphatic rings. The summed E-state index contributed by atoms with van der Waals surface area (Å²) < 4.78 is 25.9. The average molecular weight is 464 g/mol. The van der Waals surface area contributed by atoms with Crippen LogP contribution in [0, 0.1) is 0 Å². The summed E-state index contributed by atoms with van der Waals surface area (Å²) in [6, 6.07) is 21.3. The number of para-hydroxylation sites is 1. The van der Waals surface area contributed by atoms with Crippen molar-refractivity contribution < 1.29 is 22.8 Å². The van der Waals surface area contributed by atoms with Crippen molar-refractivity contribution in [3.05, 3.63) is 95.6 Å². The minimum atomic E-state index is -4.11. The first-order chi connectivity index (χ1) is 15.8. The van der Waals surface area contributed by atoms with Gasteiger partial charge in [-0.2, -0.15) is 0 Å². The van der Waals surface area contributed by atoms with Crippen molar-refractivity contribution in [3.63, 3.8) is 0 Å². The Labute approximate surface area is 191 Å². The number of benzene rings is 3. The van der Waals surface area contributed by atoms with Crippen LogP contribution in [0.1, 0.15) is 39.2 Å². The molecule has 168 valence electrons. The molecule has 0 saturated heterocycles. The molecule has 9 heteroatoms. The highest BCUT2D eigenvalue weighted by atomic mass is 32.2. The van der Waals surface area contributed by atoms with Crippen LogP contribution < -0.4 is 10.6 Å². The minimum absolute atomic E-state index is 0.0278. The number of hydrogen-bond donors (Lipinski definition) is 2. The Bertz CT molecular complexity index is 1340. The second-order valence-corrected chi connectivity index (χ2v) is 9.34. The normalized spacial score (nSPS) is 14.9. The number of fused-ring (bicyclic) bond motifs is 1. The Morgan fingerprint density at radius 3 is 2.27 bits per heavy atom. The molecular formula is C24H21N3O5S. The van der Waals surface area contributed by atoms with Gasteiger partial charge in [0.2, 0.25) is 5.91 Å². The number of rotatable bonds is 6. The summed E-state index contributed by atoms with van der Waals surface area (Å²) in [5.41, 5.74) is 1.37. The number of carbonyl (C=O) groups excluding carboxylic acids is 3. The van der Waals surface area contributed by atoms with E-state index in [1.807, 2.05) is 37.3 Å². The van der Waals surface area contributed by atoms with Crippen LogP contribution in [0.3, 0.4) is 0 Å². The van der Waals surface area contributed by atoms with Crippen molar-refractivity contribution in [3.8, 4) is 0 Å². The average Bonchev–Trinajstić information content (AvgIpc) is 3.00. The fourth-order valence-corrected chi connectivity index (χ4v) is 5.12. The molecule has 1 atom stereocenters. The van der Waals surface area contributed by atoms with Crippen LogP contribution in [0.5, 0.6) is 0 Å². The van der Waals surface area contributed by atoms with Crippen molar-refractivity contribution in [2.75, 3.05) is 11.9 Å². The molecule has 0 unspecified atom stereocenters. The van der Waals surface area contributed by atoms with Crippen molar-refractivity contribution in [2.24, 2.45) is 0 Å². The molecule has 3 amide bonds. The first kappa shape index (κ1) is 22.2. The van der Waals surface area contributed by atoms with E-state index in [0.29, 0.717) is 4.31 Å². The Balaban J connectivity index is 1.49. The molecule has 0 fully saturated rings. The molecule has 0 radical (unpaired) electrons. The maximum absolute atomic E-state index is 12.9. The molecule has 0 saturated carbocycles. The van der Waals surface area contributed by atoms with Gasteiger partial charge in [0.25, 0.3) is 21.8 Å². The van der Waals surface area contributed by atoms with Gasteiger partial charge in [-0.05, 0) is 36.8 Å². The van der Waals surface area contributed by atoms with E-state index in [0.717, 1.165) is 5.56 Å². The third-order valence-corrected chi connectivity index (χ3v) is 7.08. The lowest BCUT2D eigenvalue weighted by Crippen LogP contribution is -2.37. The first-order valence-electron chi connectivity index (χ1n) is 10.2. The van der Waals surface area contributed by atoms with E-state index < -0.39 is 34.3 Å². The summed E-state index contributed by atoms with van der Waals surface area (Å²) in [6.07, 6.45) is 0. The van der Waals surface area contributed by atoms with Crippen LogP contribution in [-0.4, -0.2) is 37.0 Å². The third kappa shape index (κ3) is 4.35. The number of sulfonamides is 1. The Morgan fingerprint density at radius 1 is 0.909 bits per heavy atom. The summed E-state index contributed by atoms with van der Waals surface area (Å²) in [6.45, 7) is 1.14. The van der Waals surface area contributed by atoms with Gasteiger partial charge in [0.05, 0.1) is 22.9 Å². The van der Waals surface area contributed by atoms with Crippen LogP contribution in [0.2, 0.25) is 0 Å². The molecule has 0 aromatic heterocycles. The number of carbonyl (C=O) groups is 3. The first-order valence-corrected chi connectivity index (χ1v) is 11.6. The van der Waals surface area contributed by atoms with E-state index in [-0.39, 0.29) is 27.8 Å². The van der Waals surface area contributed by atoms with Gasteiger partial charge in [-0.1, -0.05) is 54.6 Å².